The van der Waals surface area contributed by atoms with Gasteiger partial charge >= 0.3 is 0 Å². The number of hydrogen-bond donors (Lipinski definition) is 0. The Bertz CT molecular complexity index is 732. The zero-order chi connectivity index (χ0) is 13.4. The molecule has 0 unspecified atom stereocenters. The van der Waals surface area contributed by atoms with Crippen LogP contribution in [0.2, 0.25) is 10.0 Å². The van der Waals surface area contributed by atoms with Gasteiger partial charge in [-0.05, 0) is 42.5 Å². The lowest BCUT2D eigenvalue weighted by atomic mass is 10.3. The van der Waals surface area contributed by atoms with Crippen LogP contribution in [0, 0.1) is 0 Å². The molecule has 5 heteroatoms. The first-order valence-electron chi connectivity index (χ1n) is 5.68. The smallest absolute Gasteiger partial charge is 0.129 e. The Labute approximate surface area is 125 Å². The van der Waals surface area contributed by atoms with Crippen molar-refractivity contribution in [3.63, 3.8) is 0 Å². The molecule has 0 spiro atoms. The number of imidazole rings is 1. The Kier molecular flexibility index (Phi) is 3.40. The first-order valence-corrected chi connectivity index (χ1v) is 6.97. The molecule has 0 bridgehead atoms. The monoisotopic (exact) mass is 310 g/mol. The van der Waals surface area contributed by atoms with Gasteiger partial charge in [0.15, 0.2) is 0 Å². The molecule has 2 nitrogen and oxygen atoms in total. The van der Waals surface area contributed by atoms with Crippen LogP contribution in [0.15, 0.2) is 42.5 Å². The highest BCUT2D eigenvalue weighted by molar-refractivity contribution is 6.31. The summed E-state index contributed by atoms with van der Waals surface area (Å²) >= 11 is 17.9. The third-order valence-corrected chi connectivity index (χ3v) is 3.62. The summed E-state index contributed by atoms with van der Waals surface area (Å²) in [6.07, 6.45) is 0. The van der Waals surface area contributed by atoms with Crippen LogP contribution in [0.4, 0.5) is 0 Å². The Morgan fingerprint density at radius 3 is 2.32 bits per heavy atom. The van der Waals surface area contributed by atoms with E-state index in [0.29, 0.717) is 15.9 Å². The van der Waals surface area contributed by atoms with Crippen molar-refractivity contribution >= 4 is 45.8 Å². The maximum atomic E-state index is 5.99. The zero-order valence-corrected chi connectivity index (χ0v) is 12.0. The molecule has 0 saturated carbocycles. The summed E-state index contributed by atoms with van der Waals surface area (Å²) in [5.41, 5.74) is 2.78. The highest BCUT2D eigenvalue weighted by atomic mass is 35.5. The van der Waals surface area contributed by atoms with E-state index in [1.54, 1.807) is 0 Å². The van der Waals surface area contributed by atoms with Crippen molar-refractivity contribution in [3.05, 3.63) is 58.3 Å². The lowest BCUT2D eigenvalue weighted by molar-refractivity contribution is 0.982. The van der Waals surface area contributed by atoms with Crippen molar-refractivity contribution in [2.24, 2.45) is 0 Å². The Hall–Kier alpha value is -1.22. The first kappa shape index (κ1) is 12.8. The largest absolute Gasteiger partial charge is 0.295 e. The summed E-state index contributed by atoms with van der Waals surface area (Å²) in [6.45, 7) is 0. The highest BCUT2D eigenvalue weighted by Crippen LogP contribution is 2.25. The molecule has 0 N–H and O–H groups in total. The molecule has 3 rings (SSSR count). The van der Waals surface area contributed by atoms with Crippen LogP contribution < -0.4 is 0 Å². The molecule has 0 aliphatic heterocycles. The van der Waals surface area contributed by atoms with E-state index in [4.69, 9.17) is 34.8 Å². The van der Waals surface area contributed by atoms with Gasteiger partial charge in [0, 0.05) is 15.7 Å². The number of rotatable bonds is 2. The van der Waals surface area contributed by atoms with Crippen LogP contribution in [0.3, 0.4) is 0 Å². The lowest BCUT2D eigenvalue weighted by Gasteiger charge is -2.07. The predicted molar refractivity (Wildman–Crippen MR) is 80.6 cm³/mol. The van der Waals surface area contributed by atoms with Crippen molar-refractivity contribution in [2.45, 2.75) is 5.88 Å². The van der Waals surface area contributed by atoms with E-state index in [9.17, 15) is 0 Å². The molecule has 0 aliphatic rings. The molecule has 0 amide bonds. The minimum atomic E-state index is 0.328. The summed E-state index contributed by atoms with van der Waals surface area (Å²) in [5.74, 6) is 1.11. The van der Waals surface area contributed by atoms with Crippen LogP contribution in [0.25, 0.3) is 16.7 Å². The summed E-state index contributed by atoms with van der Waals surface area (Å²) in [7, 11) is 0. The van der Waals surface area contributed by atoms with Crippen LogP contribution in [0.5, 0.6) is 0 Å². The zero-order valence-electron chi connectivity index (χ0n) is 9.78. The minimum Gasteiger partial charge on any atom is -0.295 e. The number of aromatic nitrogens is 2. The van der Waals surface area contributed by atoms with Gasteiger partial charge in [0.1, 0.15) is 5.82 Å². The first-order chi connectivity index (χ1) is 9.19. The fourth-order valence-corrected chi connectivity index (χ4v) is 2.54. The van der Waals surface area contributed by atoms with Crippen LogP contribution in [-0.4, -0.2) is 9.55 Å². The fourth-order valence-electron chi connectivity index (χ4n) is 2.07. The lowest BCUT2D eigenvalue weighted by Crippen LogP contribution is -1.98. The summed E-state index contributed by atoms with van der Waals surface area (Å²) in [6, 6.07) is 13.2. The number of nitrogens with zero attached hydrogens (tertiary/aromatic N) is 2. The maximum absolute atomic E-state index is 5.99. The Balaban J connectivity index is 2.29. The van der Waals surface area contributed by atoms with Gasteiger partial charge in [0.05, 0.1) is 16.9 Å². The summed E-state index contributed by atoms with van der Waals surface area (Å²) in [5, 5.41) is 1.36. The average Bonchev–Trinajstić information content (AvgIpc) is 2.77. The van der Waals surface area contributed by atoms with Gasteiger partial charge in [-0.2, -0.15) is 0 Å². The molecule has 2 aromatic carbocycles. The number of halogens is 3. The van der Waals surface area contributed by atoms with Crippen LogP contribution in [0.1, 0.15) is 5.82 Å². The number of alkyl halides is 1. The molecule has 1 aromatic heterocycles. The van der Waals surface area contributed by atoms with E-state index < -0.39 is 0 Å². The van der Waals surface area contributed by atoms with Crippen LogP contribution >= 0.6 is 34.8 Å². The molecule has 0 atom stereocenters. The van der Waals surface area contributed by atoms with Crippen LogP contribution in [-0.2, 0) is 5.88 Å². The minimum absolute atomic E-state index is 0.328. The molecule has 3 aromatic rings. The normalized spacial score (nSPS) is 11.1. The SMILES string of the molecule is ClCc1nc2cc(Cl)ccc2n1-c1ccc(Cl)cc1. The topological polar surface area (TPSA) is 17.8 Å². The quantitative estimate of drug-likeness (QED) is 0.604. The molecule has 96 valence electrons. The van der Waals surface area contributed by atoms with E-state index in [1.165, 1.54) is 0 Å². The molecule has 0 fully saturated rings. The van der Waals surface area contributed by atoms with Gasteiger partial charge in [-0.25, -0.2) is 4.98 Å². The second kappa shape index (κ2) is 5.04. The van der Waals surface area contributed by atoms with E-state index in [2.05, 4.69) is 4.98 Å². The molecular weight excluding hydrogens is 303 g/mol. The summed E-state index contributed by atoms with van der Waals surface area (Å²) in [4.78, 5) is 4.50. The van der Waals surface area contributed by atoms with Crippen molar-refractivity contribution in [1.29, 1.82) is 0 Å². The van der Waals surface area contributed by atoms with Gasteiger partial charge in [0.2, 0.25) is 0 Å². The summed E-state index contributed by atoms with van der Waals surface area (Å²) < 4.78 is 2.01. The molecule has 0 aliphatic carbocycles. The van der Waals surface area contributed by atoms with Gasteiger partial charge < -0.3 is 0 Å². The Morgan fingerprint density at radius 1 is 0.947 bits per heavy atom. The molecule has 19 heavy (non-hydrogen) atoms. The number of fused-ring (bicyclic) bond motifs is 1. The van der Waals surface area contributed by atoms with Gasteiger partial charge in [-0.15, -0.1) is 11.6 Å². The highest BCUT2D eigenvalue weighted by Gasteiger charge is 2.11. The van der Waals surface area contributed by atoms with Gasteiger partial charge in [-0.1, -0.05) is 23.2 Å². The number of benzene rings is 2. The van der Waals surface area contributed by atoms with Gasteiger partial charge in [-0.3, -0.25) is 4.57 Å². The van der Waals surface area contributed by atoms with Crippen molar-refractivity contribution < 1.29 is 0 Å². The third-order valence-electron chi connectivity index (χ3n) is 2.89. The third kappa shape index (κ3) is 2.32. The van der Waals surface area contributed by atoms with E-state index in [1.807, 2.05) is 47.0 Å². The molecule has 0 radical (unpaired) electrons. The Morgan fingerprint density at radius 2 is 1.63 bits per heavy atom. The fraction of sp³-hybridized carbons (Fsp3) is 0.0714. The van der Waals surface area contributed by atoms with E-state index >= 15 is 0 Å². The molecular formula is C14H9Cl3N2. The second-order valence-electron chi connectivity index (χ2n) is 4.11. The van der Waals surface area contributed by atoms with Gasteiger partial charge in [0.25, 0.3) is 0 Å². The van der Waals surface area contributed by atoms with Crippen molar-refractivity contribution in [3.8, 4) is 5.69 Å². The molecule has 0 saturated heterocycles. The predicted octanol–water partition coefficient (Wildman–Crippen LogP) is 5.07. The standard InChI is InChI=1S/C14H9Cl3N2/c15-8-14-18-12-7-10(17)3-6-13(12)19(14)11-4-1-9(16)2-5-11/h1-7H,8H2. The number of hydrogen-bond acceptors (Lipinski definition) is 1. The molecule has 1 heterocycles. The van der Waals surface area contributed by atoms with E-state index in [-0.39, 0.29) is 0 Å². The maximum Gasteiger partial charge on any atom is 0.129 e. The van der Waals surface area contributed by atoms with E-state index in [0.717, 1.165) is 22.5 Å². The second-order valence-corrected chi connectivity index (χ2v) is 5.25. The average molecular weight is 312 g/mol. The van der Waals surface area contributed by atoms with Crippen molar-refractivity contribution in [1.82, 2.24) is 9.55 Å². The van der Waals surface area contributed by atoms with Crippen molar-refractivity contribution in [2.75, 3.05) is 0 Å².